The third-order valence-electron chi connectivity index (χ3n) is 2.85. The molecule has 15 heavy (non-hydrogen) atoms. The van der Waals surface area contributed by atoms with E-state index in [0.29, 0.717) is 6.42 Å². The van der Waals surface area contributed by atoms with Crippen LogP contribution in [0.5, 0.6) is 0 Å². The molecule has 0 spiro atoms. The lowest BCUT2D eigenvalue weighted by Gasteiger charge is -2.28. The topological polar surface area (TPSA) is 17.1 Å². The minimum absolute atomic E-state index is 0.0543. The Kier molecular flexibility index (Phi) is 3.33. The van der Waals surface area contributed by atoms with Crippen LogP contribution < -0.4 is 0 Å². The van der Waals surface area contributed by atoms with Gasteiger partial charge in [-0.1, -0.05) is 32.0 Å². The van der Waals surface area contributed by atoms with Crippen molar-refractivity contribution >= 4 is 5.78 Å². The summed E-state index contributed by atoms with van der Waals surface area (Å²) in [5.41, 5.74) is 3.82. The zero-order valence-corrected chi connectivity index (χ0v) is 10.3. The van der Waals surface area contributed by atoms with Gasteiger partial charge in [0.15, 0.2) is 0 Å². The number of hydrogen-bond donors (Lipinski definition) is 0. The molecule has 0 saturated carbocycles. The van der Waals surface area contributed by atoms with Crippen molar-refractivity contribution in [3.8, 4) is 0 Å². The number of rotatable bonds is 3. The van der Waals surface area contributed by atoms with Crippen LogP contribution in [0, 0.1) is 13.8 Å². The smallest absolute Gasteiger partial charge is 0.130 e. The van der Waals surface area contributed by atoms with Crippen LogP contribution >= 0.6 is 0 Å². The Morgan fingerprint density at radius 3 is 2.07 bits per heavy atom. The van der Waals surface area contributed by atoms with Crippen molar-refractivity contribution in [1.82, 2.24) is 0 Å². The molecule has 1 aromatic carbocycles. The summed E-state index contributed by atoms with van der Waals surface area (Å²) in [4.78, 5) is 11.3. The van der Waals surface area contributed by atoms with E-state index in [2.05, 4.69) is 45.9 Å². The molecule has 0 aliphatic carbocycles. The van der Waals surface area contributed by atoms with Gasteiger partial charge in [-0.2, -0.15) is 0 Å². The summed E-state index contributed by atoms with van der Waals surface area (Å²) >= 11 is 0. The Bertz CT molecular complexity index is 355. The largest absolute Gasteiger partial charge is 0.300 e. The zero-order valence-electron chi connectivity index (χ0n) is 10.3. The highest BCUT2D eigenvalue weighted by atomic mass is 16.1. The summed E-state index contributed by atoms with van der Waals surface area (Å²) in [7, 11) is 0. The van der Waals surface area contributed by atoms with Crippen LogP contribution in [0.2, 0.25) is 0 Å². The van der Waals surface area contributed by atoms with Gasteiger partial charge in [-0.3, -0.25) is 4.79 Å². The first-order chi connectivity index (χ1) is 6.84. The van der Waals surface area contributed by atoms with Crippen LogP contribution in [-0.4, -0.2) is 5.78 Å². The van der Waals surface area contributed by atoms with E-state index in [0.717, 1.165) is 0 Å². The van der Waals surface area contributed by atoms with Gasteiger partial charge in [0.05, 0.1) is 0 Å². The molecule has 0 unspecified atom stereocenters. The molecule has 0 aromatic heterocycles. The quantitative estimate of drug-likeness (QED) is 0.735. The summed E-state index contributed by atoms with van der Waals surface area (Å²) in [6.07, 6.45) is 0.610. The van der Waals surface area contributed by atoms with Crippen molar-refractivity contribution in [3.05, 3.63) is 34.9 Å². The molecular formula is C14H20O. The molecule has 0 aliphatic heterocycles. The number of carbonyl (C=O) groups excluding carboxylic acids is 1. The second kappa shape index (κ2) is 4.18. The molecule has 0 heterocycles. The lowest BCUT2D eigenvalue weighted by molar-refractivity contribution is -0.118. The number of aryl methyl sites for hydroxylation is 2. The summed E-state index contributed by atoms with van der Waals surface area (Å²) in [6.45, 7) is 10.2. The van der Waals surface area contributed by atoms with Crippen LogP contribution in [0.1, 0.15) is 43.9 Å². The van der Waals surface area contributed by atoms with Gasteiger partial charge in [0, 0.05) is 6.42 Å². The molecule has 0 bridgehead atoms. The third-order valence-corrected chi connectivity index (χ3v) is 2.85. The van der Waals surface area contributed by atoms with Crippen LogP contribution in [0.3, 0.4) is 0 Å². The highest BCUT2D eigenvalue weighted by Crippen LogP contribution is 2.32. The average molecular weight is 204 g/mol. The molecule has 0 aliphatic rings. The van der Waals surface area contributed by atoms with Crippen molar-refractivity contribution in [3.63, 3.8) is 0 Å². The molecular weight excluding hydrogens is 184 g/mol. The van der Waals surface area contributed by atoms with Gasteiger partial charge in [0.25, 0.3) is 0 Å². The standard InChI is InChI=1S/C14H20O/c1-10-7-6-8-11(2)13(10)14(4,5)9-12(3)15/h6-8H,9H2,1-5H3. The lowest BCUT2D eigenvalue weighted by Crippen LogP contribution is -2.23. The Morgan fingerprint density at radius 2 is 1.67 bits per heavy atom. The van der Waals surface area contributed by atoms with Crippen molar-refractivity contribution in [2.24, 2.45) is 0 Å². The van der Waals surface area contributed by atoms with E-state index in [4.69, 9.17) is 0 Å². The van der Waals surface area contributed by atoms with Gasteiger partial charge in [-0.15, -0.1) is 0 Å². The van der Waals surface area contributed by atoms with Gasteiger partial charge >= 0.3 is 0 Å². The van der Waals surface area contributed by atoms with Crippen LogP contribution in [0.15, 0.2) is 18.2 Å². The van der Waals surface area contributed by atoms with E-state index in [1.165, 1.54) is 16.7 Å². The first-order valence-corrected chi connectivity index (χ1v) is 5.41. The first kappa shape index (κ1) is 12.0. The first-order valence-electron chi connectivity index (χ1n) is 5.41. The molecule has 1 nitrogen and oxygen atoms in total. The second-order valence-electron chi connectivity index (χ2n) is 5.03. The van der Waals surface area contributed by atoms with Crippen molar-refractivity contribution in [1.29, 1.82) is 0 Å². The maximum atomic E-state index is 11.3. The number of Topliss-reactive ketones (excluding diaryl/α,β-unsaturated/α-hetero) is 1. The molecule has 0 radical (unpaired) electrons. The zero-order chi connectivity index (χ0) is 11.6. The van der Waals surface area contributed by atoms with Crippen LogP contribution in [-0.2, 0) is 10.2 Å². The molecule has 82 valence electrons. The van der Waals surface area contributed by atoms with E-state index in [9.17, 15) is 4.79 Å². The van der Waals surface area contributed by atoms with Crippen molar-refractivity contribution < 1.29 is 4.79 Å². The summed E-state index contributed by atoms with van der Waals surface area (Å²) in [6, 6.07) is 6.30. The van der Waals surface area contributed by atoms with Gasteiger partial charge < -0.3 is 0 Å². The normalized spacial score (nSPS) is 11.5. The fourth-order valence-corrected chi connectivity index (χ4v) is 2.59. The number of carbonyl (C=O) groups is 1. The molecule has 1 aromatic rings. The number of hydrogen-bond acceptors (Lipinski definition) is 1. The maximum Gasteiger partial charge on any atom is 0.130 e. The monoisotopic (exact) mass is 204 g/mol. The minimum Gasteiger partial charge on any atom is -0.300 e. The van der Waals surface area contributed by atoms with Gasteiger partial charge in [-0.05, 0) is 42.9 Å². The predicted molar refractivity (Wildman–Crippen MR) is 64.2 cm³/mol. The fraction of sp³-hybridized carbons (Fsp3) is 0.500. The van der Waals surface area contributed by atoms with Gasteiger partial charge in [-0.25, -0.2) is 0 Å². The van der Waals surface area contributed by atoms with E-state index in [1.54, 1.807) is 6.92 Å². The predicted octanol–water partition coefficient (Wildman–Crippen LogP) is 3.56. The Balaban J connectivity index is 3.19. The highest BCUT2D eigenvalue weighted by molar-refractivity contribution is 5.77. The Hall–Kier alpha value is -1.11. The summed E-state index contributed by atoms with van der Waals surface area (Å²) < 4.78 is 0. The molecule has 1 heteroatoms. The summed E-state index contributed by atoms with van der Waals surface area (Å²) in [5.74, 6) is 0.252. The summed E-state index contributed by atoms with van der Waals surface area (Å²) in [5, 5.41) is 0. The molecule has 0 saturated heterocycles. The Morgan fingerprint density at radius 1 is 1.20 bits per heavy atom. The van der Waals surface area contributed by atoms with Gasteiger partial charge in [0.1, 0.15) is 5.78 Å². The third kappa shape index (κ3) is 2.68. The maximum absolute atomic E-state index is 11.3. The highest BCUT2D eigenvalue weighted by Gasteiger charge is 2.25. The van der Waals surface area contributed by atoms with Gasteiger partial charge in [0.2, 0.25) is 0 Å². The lowest BCUT2D eigenvalue weighted by atomic mass is 9.76. The number of ketones is 1. The van der Waals surface area contributed by atoms with E-state index in [-0.39, 0.29) is 11.2 Å². The van der Waals surface area contributed by atoms with Crippen molar-refractivity contribution in [2.45, 2.75) is 46.5 Å². The molecule has 0 N–H and O–H groups in total. The van der Waals surface area contributed by atoms with E-state index >= 15 is 0 Å². The van der Waals surface area contributed by atoms with Crippen LogP contribution in [0.25, 0.3) is 0 Å². The van der Waals surface area contributed by atoms with Crippen LogP contribution in [0.4, 0.5) is 0 Å². The fourth-order valence-electron chi connectivity index (χ4n) is 2.59. The Labute approximate surface area is 92.5 Å². The SMILES string of the molecule is CC(=O)CC(C)(C)c1c(C)cccc1C. The van der Waals surface area contributed by atoms with E-state index < -0.39 is 0 Å². The molecule has 0 fully saturated rings. The average Bonchev–Trinajstić information content (AvgIpc) is 1.99. The molecule has 0 amide bonds. The molecule has 0 atom stereocenters. The minimum atomic E-state index is -0.0543. The van der Waals surface area contributed by atoms with E-state index in [1.807, 2.05) is 0 Å². The number of benzene rings is 1. The van der Waals surface area contributed by atoms with Crippen molar-refractivity contribution in [2.75, 3.05) is 0 Å². The molecule has 1 rings (SSSR count). The second-order valence-corrected chi connectivity index (χ2v) is 5.03.